The minimum absolute atomic E-state index is 0.0415. The Morgan fingerprint density at radius 2 is 1.92 bits per heavy atom. The molecule has 3 nitrogen and oxygen atoms in total. The molecule has 4 aliphatic carbocycles. The van der Waals surface area contributed by atoms with Crippen LogP contribution in [0.4, 0.5) is 0 Å². The summed E-state index contributed by atoms with van der Waals surface area (Å²) in [5, 5.41) is 11.4. The predicted molar refractivity (Wildman–Crippen MR) is 96.8 cm³/mol. The second-order valence-corrected chi connectivity index (χ2v) is 9.77. The van der Waals surface area contributed by atoms with Gasteiger partial charge in [0.05, 0.1) is 6.10 Å². The molecule has 0 amide bonds. The van der Waals surface area contributed by atoms with Crippen LogP contribution in [0.25, 0.3) is 0 Å². The fourth-order valence-corrected chi connectivity index (χ4v) is 7.65. The molecule has 0 heterocycles. The molecule has 0 bridgehead atoms. The van der Waals surface area contributed by atoms with E-state index in [0.29, 0.717) is 24.0 Å². The number of allylic oxidation sites excluding steroid dienone is 1. The van der Waals surface area contributed by atoms with Crippen molar-refractivity contribution in [3.05, 3.63) is 11.6 Å². The lowest BCUT2D eigenvalue weighted by molar-refractivity contribution is -0.169. The largest absolute Gasteiger partial charge is 0.392 e. The van der Waals surface area contributed by atoms with Crippen molar-refractivity contribution >= 4 is 11.6 Å². The minimum Gasteiger partial charge on any atom is -0.392 e. The van der Waals surface area contributed by atoms with Gasteiger partial charge in [-0.1, -0.05) is 26.3 Å². The number of aliphatic hydroxyl groups is 1. The molecule has 4 rings (SSSR count). The zero-order valence-electron chi connectivity index (χ0n) is 16.0. The van der Waals surface area contributed by atoms with Crippen molar-refractivity contribution in [3.63, 3.8) is 0 Å². The molecule has 1 N–H and O–H groups in total. The van der Waals surface area contributed by atoms with Crippen molar-refractivity contribution in [2.24, 2.45) is 40.4 Å². The van der Waals surface area contributed by atoms with Crippen LogP contribution in [0.2, 0.25) is 0 Å². The Bertz CT molecular complexity index is 650. The Morgan fingerprint density at radius 1 is 1.20 bits per heavy atom. The van der Waals surface area contributed by atoms with E-state index in [-0.39, 0.29) is 40.5 Å². The smallest absolute Gasteiger partial charge is 0.155 e. The summed E-state index contributed by atoms with van der Waals surface area (Å²) in [6, 6.07) is 0. The number of hydrogen-bond donors (Lipinski definition) is 1. The maximum Gasteiger partial charge on any atom is 0.155 e. The van der Waals surface area contributed by atoms with Gasteiger partial charge in [-0.2, -0.15) is 0 Å². The van der Waals surface area contributed by atoms with E-state index in [0.717, 1.165) is 32.1 Å². The van der Waals surface area contributed by atoms with E-state index >= 15 is 0 Å². The van der Waals surface area contributed by atoms with Crippen LogP contribution in [0.5, 0.6) is 0 Å². The van der Waals surface area contributed by atoms with Gasteiger partial charge < -0.3 is 5.11 Å². The van der Waals surface area contributed by atoms with Gasteiger partial charge in [-0.3, -0.25) is 9.59 Å². The Hall–Kier alpha value is -0.960. The molecule has 0 aromatic rings. The third-order valence-corrected chi connectivity index (χ3v) is 9.09. The van der Waals surface area contributed by atoms with E-state index in [9.17, 15) is 14.7 Å². The van der Waals surface area contributed by atoms with Crippen LogP contribution in [0, 0.1) is 40.4 Å². The highest BCUT2D eigenvalue weighted by atomic mass is 16.3. The molecule has 3 saturated carbocycles. The van der Waals surface area contributed by atoms with Gasteiger partial charge in [-0.25, -0.2) is 0 Å². The highest BCUT2D eigenvalue weighted by Crippen LogP contribution is 2.68. The molecule has 0 spiro atoms. The van der Waals surface area contributed by atoms with Gasteiger partial charge in [0.1, 0.15) is 5.78 Å². The zero-order valence-corrected chi connectivity index (χ0v) is 16.0. The fraction of sp³-hybridized carbons (Fsp3) is 0.818. The number of aliphatic hydroxyl groups excluding tert-OH is 1. The predicted octanol–water partition coefficient (Wildman–Crippen LogP) is 3.94. The number of hydrogen-bond acceptors (Lipinski definition) is 3. The van der Waals surface area contributed by atoms with Gasteiger partial charge >= 0.3 is 0 Å². The van der Waals surface area contributed by atoms with Crippen LogP contribution in [0.15, 0.2) is 11.6 Å². The molecule has 4 aliphatic rings. The summed E-state index contributed by atoms with van der Waals surface area (Å²) in [5.41, 5.74) is 1.16. The molecule has 3 fully saturated rings. The first-order valence-electron chi connectivity index (χ1n) is 10.1. The number of ketones is 2. The monoisotopic (exact) mass is 344 g/mol. The van der Waals surface area contributed by atoms with Crippen LogP contribution < -0.4 is 0 Å². The second kappa shape index (κ2) is 5.52. The van der Waals surface area contributed by atoms with E-state index in [4.69, 9.17) is 0 Å². The summed E-state index contributed by atoms with van der Waals surface area (Å²) in [7, 11) is 0. The molecule has 0 radical (unpaired) electrons. The maximum atomic E-state index is 12.3. The van der Waals surface area contributed by atoms with E-state index in [1.807, 2.05) is 6.08 Å². The summed E-state index contributed by atoms with van der Waals surface area (Å²) < 4.78 is 0. The number of carbonyl (C=O) groups is 2. The van der Waals surface area contributed by atoms with E-state index < -0.39 is 0 Å². The van der Waals surface area contributed by atoms with Gasteiger partial charge in [0.25, 0.3) is 0 Å². The first-order valence-corrected chi connectivity index (χ1v) is 10.1. The number of carbonyl (C=O) groups excluding carboxylic acids is 2. The molecule has 25 heavy (non-hydrogen) atoms. The quantitative estimate of drug-likeness (QED) is 0.784. The van der Waals surface area contributed by atoms with Crippen LogP contribution >= 0.6 is 0 Å². The molecule has 0 aromatic carbocycles. The number of rotatable bonds is 1. The molecule has 0 aliphatic heterocycles. The van der Waals surface area contributed by atoms with E-state index in [1.165, 1.54) is 5.57 Å². The second-order valence-electron chi connectivity index (χ2n) is 9.77. The summed E-state index contributed by atoms with van der Waals surface area (Å²) in [5.74, 6) is 2.03. The summed E-state index contributed by atoms with van der Waals surface area (Å²) in [6.45, 7) is 8.47. The third kappa shape index (κ3) is 2.14. The van der Waals surface area contributed by atoms with Crippen LogP contribution in [0.3, 0.4) is 0 Å². The van der Waals surface area contributed by atoms with Crippen LogP contribution in [-0.4, -0.2) is 22.8 Å². The maximum absolute atomic E-state index is 12.3. The van der Waals surface area contributed by atoms with E-state index in [2.05, 4.69) is 20.8 Å². The van der Waals surface area contributed by atoms with Crippen molar-refractivity contribution in [1.29, 1.82) is 0 Å². The van der Waals surface area contributed by atoms with Crippen LogP contribution in [-0.2, 0) is 9.59 Å². The summed E-state index contributed by atoms with van der Waals surface area (Å²) in [4.78, 5) is 24.3. The molecular formula is C22H32O3. The molecule has 0 aromatic heterocycles. The molecular weight excluding hydrogens is 312 g/mol. The average Bonchev–Trinajstić information content (AvgIpc) is 2.91. The lowest BCUT2D eigenvalue weighted by Crippen LogP contribution is -2.60. The van der Waals surface area contributed by atoms with Gasteiger partial charge in [0.2, 0.25) is 0 Å². The summed E-state index contributed by atoms with van der Waals surface area (Å²) in [6.07, 6.45) is 7.15. The SMILES string of the molecule is CC(=O)[C@H]1CC[C@H]2[C@@H]3CCC4=CC(=O)CC[C@]4(C)[C@H]3[C@H](O)[C@H](C)[C@]12C. The average molecular weight is 344 g/mol. The summed E-state index contributed by atoms with van der Waals surface area (Å²) >= 11 is 0. The van der Waals surface area contributed by atoms with Crippen molar-refractivity contribution in [3.8, 4) is 0 Å². The highest BCUT2D eigenvalue weighted by Gasteiger charge is 2.65. The van der Waals surface area contributed by atoms with Gasteiger partial charge in [-0.15, -0.1) is 0 Å². The standard InChI is InChI=1S/C22H32O3/c1-12-20(25)19-16(18-8-7-17(13(2)23)22(12,18)4)6-5-14-11-15(24)9-10-21(14,19)3/h11-12,16-20,25H,5-10H2,1-4H3/t12-,16-,17+,18-,19+,20+,21-,22+/m0/s1. The molecule has 3 heteroatoms. The first-order chi connectivity index (χ1) is 11.7. The minimum atomic E-state index is -0.381. The topological polar surface area (TPSA) is 54.4 Å². The van der Waals surface area contributed by atoms with Crippen LogP contribution in [0.1, 0.15) is 66.2 Å². The lowest BCUT2D eigenvalue weighted by Gasteiger charge is -2.62. The Morgan fingerprint density at radius 3 is 2.60 bits per heavy atom. The van der Waals surface area contributed by atoms with Gasteiger partial charge in [0, 0.05) is 12.3 Å². The van der Waals surface area contributed by atoms with Crippen molar-refractivity contribution < 1.29 is 14.7 Å². The fourth-order valence-electron chi connectivity index (χ4n) is 7.65. The molecule has 138 valence electrons. The Kier molecular flexibility index (Phi) is 3.85. The molecule has 8 atom stereocenters. The van der Waals surface area contributed by atoms with Crippen molar-refractivity contribution in [2.75, 3.05) is 0 Å². The molecule has 0 unspecified atom stereocenters. The number of fused-ring (bicyclic) bond motifs is 5. The van der Waals surface area contributed by atoms with Crippen molar-refractivity contribution in [1.82, 2.24) is 0 Å². The zero-order chi connectivity index (χ0) is 18.1. The third-order valence-electron chi connectivity index (χ3n) is 9.09. The first kappa shape index (κ1) is 17.5. The van der Waals surface area contributed by atoms with Gasteiger partial charge in [0.15, 0.2) is 5.78 Å². The van der Waals surface area contributed by atoms with E-state index in [1.54, 1.807) is 6.92 Å². The van der Waals surface area contributed by atoms with Gasteiger partial charge in [-0.05, 0) is 79.6 Å². The Labute approximate surface area is 151 Å². The molecule has 0 saturated heterocycles. The van der Waals surface area contributed by atoms with Crippen molar-refractivity contribution in [2.45, 2.75) is 72.3 Å². The normalized spacial score (nSPS) is 52.0. The number of Topliss-reactive ketones (excluding diaryl/α,β-unsaturated/α-hetero) is 1. The highest BCUT2D eigenvalue weighted by molar-refractivity contribution is 5.91. The lowest BCUT2D eigenvalue weighted by atomic mass is 9.43. The Balaban J connectivity index is 1.77.